The first-order chi connectivity index (χ1) is 6.70. The molecule has 1 rings (SSSR count). The summed E-state index contributed by atoms with van der Waals surface area (Å²) < 4.78 is 0. The Kier molecular flexibility index (Phi) is 4.34. The molecule has 6 heteroatoms. The minimum absolute atomic E-state index is 0.465. The molecule has 5 nitrogen and oxygen atoms in total. The van der Waals surface area contributed by atoms with Gasteiger partial charge in [0, 0.05) is 11.9 Å². The van der Waals surface area contributed by atoms with E-state index >= 15 is 0 Å². The van der Waals surface area contributed by atoms with E-state index in [1.54, 1.807) is 12.3 Å². The maximum absolute atomic E-state index is 10.6. The minimum atomic E-state index is -0.565. The Bertz CT molecular complexity index is 293. The van der Waals surface area contributed by atoms with Crippen molar-refractivity contribution >= 4 is 17.7 Å². The van der Waals surface area contributed by atoms with E-state index in [0.29, 0.717) is 6.42 Å². The standard InChI is InChI=1S/C8H12N4OS/c9-6(8(10)13)2-4-14-7-1-3-11-5-12-7/h1,3,5-6H,2,4,9H2,(H2,10,13). The molecule has 1 amide bonds. The number of primary amides is 1. The summed E-state index contributed by atoms with van der Waals surface area (Å²) in [6.45, 7) is 0. The third-order valence-electron chi connectivity index (χ3n) is 1.60. The van der Waals surface area contributed by atoms with Gasteiger partial charge >= 0.3 is 0 Å². The predicted octanol–water partition coefficient (Wildman–Crippen LogP) is -0.229. The van der Waals surface area contributed by atoms with Crippen LogP contribution in [0.3, 0.4) is 0 Å². The van der Waals surface area contributed by atoms with Crippen LogP contribution in [-0.4, -0.2) is 27.7 Å². The summed E-state index contributed by atoms with van der Waals surface area (Å²) in [5.74, 6) is 0.259. The van der Waals surface area contributed by atoms with Gasteiger partial charge in [-0.25, -0.2) is 9.97 Å². The Labute approximate surface area is 86.3 Å². The summed E-state index contributed by atoms with van der Waals surface area (Å²) in [7, 11) is 0. The van der Waals surface area contributed by atoms with Crippen molar-refractivity contribution < 1.29 is 4.79 Å². The summed E-state index contributed by atoms with van der Waals surface area (Å²) in [6, 6.07) is 1.24. The van der Waals surface area contributed by atoms with Gasteiger partial charge in [-0.1, -0.05) is 0 Å². The summed E-state index contributed by atoms with van der Waals surface area (Å²) in [5.41, 5.74) is 10.5. The van der Waals surface area contributed by atoms with Crippen LogP contribution in [-0.2, 0) is 4.79 Å². The molecule has 0 radical (unpaired) electrons. The molecule has 0 fully saturated rings. The summed E-state index contributed by atoms with van der Waals surface area (Å²) >= 11 is 1.53. The molecule has 76 valence electrons. The molecule has 14 heavy (non-hydrogen) atoms. The van der Waals surface area contributed by atoms with Crippen LogP contribution in [0, 0.1) is 0 Å². The van der Waals surface area contributed by atoms with Gasteiger partial charge in [0.15, 0.2) is 0 Å². The number of amides is 1. The molecule has 0 saturated heterocycles. The highest BCUT2D eigenvalue weighted by Gasteiger charge is 2.08. The molecule has 0 aliphatic carbocycles. The van der Waals surface area contributed by atoms with E-state index in [1.165, 1.54) is 18.1 Å². The molecule has 1 atom stereocenters. The number of hydrogen-bond acceptors (Lipinski definition) is 5. The van der Waals surface area contributed by atoms with Crippen LogP contribution >= 0.6 is 11.8 Å². The van der Waals surface area contributed by atoms with Crippen LogP contribution in [0.15, 0.2) is 23.6 Å². The number of rotatable bonds is 5. The zero-order valence-electron chi connectivity index (χ0n) is 7.59. The smallest absolute Gasteiger partial charge is 0.234 e. The summed E-state index contributed by atoms with van der Waals surface area (Å²) in [6.07, 6.45) is 3.71. The normalized spacial score (nSPS) is 12.4. The topological polar surface area (TPSA) is 94.9 Å². The SMILES string of the molecule is NC(=O)C(N)CCSc1ccncn1. The Hall–Kier alpha value is -1.14. The van der Waals surface area contributed by atoms with E-state index in [2.05, 4.69) is 9.97 Å². The molecule has 0 saturated carbocycles. The summed E-state index contributed by atoms with van der Waals surface area (Å²) in [4.78, 5) is 18.4. The number of nitrogens with zero attached hydrogens (tertiary/aromatic N) is 2. The largest absolute Gasteiger partial charge is 0.368 e. The van der Waals surface area contributed by atoms with Crippen LogP contribution < -0.4 is 11.5 Å². The molecule has 0 aromatic carbocycles. The monoisotopic (exact) mass is 212 g/mol. The van der Waals surface area contributed by atoms with Gasteiger partial charge in [-0.15, -0.1) is 11.8 Å². The van der Waals surface area contributed by atoms with Crippen molar-refractivity contribution in [1.29, 1.82) is 0 Å². The molecule has 1 aromatic heterocycles. The molecular formula is C8H12N4OS. The number of aromatic nitrogens is 2. The molecule has 0 aliphatic heterocycles. The lowest BCUT2D eigenvalue weighted by Gasteiger charge is -2.05. The third-order valence-corrected chi connectivity index (χ3v) is 2.58. The second-order valence-electron chi connectivity index (χ2n) is 2.69. The van der Waals surface area contributed by atoms with E-state index in [-0.39, 0.29) is 0 Å². The second kappa shape index (κ2) is 5.56. The van der Waals surface area contributed by atoms with Crippen LogP contribution in [0.1, 0.15) is 6.42 Å². The van der Waals surface area contributed by atoms with Gasteiger partial charge in [-0.05, 0) is 12.5 Å². The average molecular weight is 212 g/mol. The van der Waals surface area contributed by atoms with E-state index in [4.69, 9.17) is 11.5 Å². The number of hydrogen-bond donors (Lipinski definition) is 2. The van der Waals surface area contributed by atoms with Crippen molar-refractivity contribution in [3.63, 3.8) is 0 Å². The molecule has 4 N–H and O–H groups in total. The Morgan fingerprint density at radius 1 is 1.64 bits per heavy atom. The Morgan fingerprint density at radius 3 is 3.00 bits per heavy atom. The van der Waals surface area contributed by atoms with Gasteiger partial charge < -0.3 is 11.5 Å². The van der Waals surface area contributed by atoms with Crippen molar-refractivity contribution in [2.24, 2.45) is 11.5 Å². The lowest BCUT2D eigenvalue weighted by molar-refractivity contribution is -0.119. The molecule has 0 aliphatic rings. The van der Waals surface area contributed by atoms with Crippen molar-refractivity contribution in [1.82, 2.24) is 9.97 Å². The molecule has 0 bridgehead atoms. The van der Waals surface area contributed by atoms with Gasteiger partial charge in [-0.3, -0.25) is 4.79 Å². The van der Waals surface area contributed by atoms with Gasteiger partial charge in [0.25, 0.3) is 0 Å². The molecule has 1 aromatic rings. The highest BCUT2D eigenvalue weighted by Crippen LogP contribution is 2.14. The lowest BCUT2D eigenvalue weighted by Crippen LogP contribution is -2.36. The second-order valence-corrected chi connectivity index (χ2v) is 3.81. The van der Waals surface area contributed by atoms with Crippen LogP contribution in [0.5, 0.6) is 0 Å². The Balaban J connectivity index is 2.26. The number of carbonyl (C=O) groups is 1. The fourth-order valence-corrected chi connectivity index (χ4v) is 1.66. The molecule has 0 spiro atoms. The van der Waals surface area contributed by atoms with Gasteiger partial charge in [0.05, 0.1) is 11.1 Å². The first-order valence-corrected chi connectivity index (χ1v) is 5.12. The Morgan fingerprint density at radius 2 is 2.43 bits per heavy atom. The zero-order valence-corrected chi connectivity index (χ0v) is 8.41. The first-order valence-electron chi connectivity index (χ1n) is 4.14. The fourth-order valence-electron chi connectivity index (χ4n) is 0.797. The minimum Gasteiger partial charge on any atom is -0.368 e. The third kappa shape index (κ3) is 3.71. The highest BCUT2D eigenvalue weighted by molar-refractivity contribution is 7.99. The van der Waals surface area contributed by atoms with E-state index in [1.807, 2.05) is 0 Å². The zero-order chi connectivity index (χ0) is 10.4. The average Bonchev–Trinajstić information content (AvgIpc) is 2.19. The highest BCUT2D eigenvalue weighted by atomic mass is 32.2. The van der Waals surface area contributed by atoms with Crippen molar-refractivity contribution in [2.45, 2.75) is 17.5 Å². The molecule has 1 heterocycles. The van der Waals surface area contributed by atoms with Gasteiger partial charge in [0.2, 0.25) is 5.91 Å². The van der Waals surface area contributed by atoms with Crippen molar-refractivity contribution in [3.05, 3.63) is 18.6 Å². The van der Waals surface area contributed by atoms with E-state index in [0.717, 1.165) is 10.8 Å². The van der Waals surface area contributed by atoms with Crippen molar-refractivity contribution in [2.75, 3.05) is 5.75 Å². The van der Waals surface area contributed by atoms with Gasteiger partial charge in [-0.2, -0.15) is 0 Å². The van der Waals surface area contributed by atoms with Crippen molar-refractivity contribution in [3.8, 4) is 0 Å². The molecular weight excluding hydrogens is 200 g/mol. The van der Waals surface area contributed by atoms with Crippen LogP contribution in [0.4, 0.5) is 0 Å². The predicted molar refractivity (Wildman–Crippen MR) is 54.5 cm³/mol. The maximum atomic E-state index is 10.6. The quantitative estimate of drug-likeness (QED) is 0.519. The summed E-state index contributed by atoms with van der Waals surface area (Å²) in [5, 5.41) is 0.872. The van der Waals surface area contributed by atoms with Gasteiger partial charge in [0.1, 0.15) is 6.33 Å². The van der Waals surface area contributed by atoms with E-state index in [9.17, 15) is 4.79 Å². The number of thioether (sulfide) groups is 1. The number of carbonyl (C=O) groups excluding carboxylic acids is 1. The fraction of sp³-hybridized carbons (Fsp3) is 0.375. The van der Waals surface area contributed by atoms with Crippen LogP contribution in [0.25, 0.3) is 0 Å². The lowest BCUT2D eigenvalue weighted by atomic mass is 10.2. The first kappa shape index (κ1) is 10.9. The van der Waals surface area contributed by atoms with E-state index < -0.39 is 11.9 Å². The van der Waals surface area contributed by atoms with Crippen LogP contribution in [0.2, 0.25) is 0 Å². The molecule has 1 unspecified atom stereocenters. The maximum Gasteiger partial charge on any atom is 0.234 e. The number of nitrogens with two attached hydrogens (primary N) is 2.